The third-order valence-corrected chi connectivity index (χ3v) is 4.79. The molecule has 0 unspecified atom stereocenters. The van der Waals surface area contributed by atoms with Gasteiger partial charge in [0.25, 0.3) is 5.91 Å². The van der Waals surface area contributed by atoms with Crippen LogP contribution in [0.1, 0.15) is 30.6 Å². The molecule has 2 atom stereocenters. The van der Waals surface area contributed by atoms with Crippen molar-refractivity contribution in [3.8, 4) is 0 Å². The minimum Gasteiger partial charge on any atom is -0.368 e. The first-order chi connectivity index (χ1) is 12.4. The highest BCUT2D eigenvalue weighted by molar-refractivity contribution is 7.08. The molecule has 1 aliphatic rings. The predicted molar refractivity (Wildman–Crippen MR) is 101 cm³/mol. The van der Waals surface area contributed by atoms with E-state index in [1.807, 2.05) is 24.1 Å². The molecule has 1 aliphatic heterocycles. The highest BCUT2D eigenvalue weighted by atomic mass is 32.1. The lowest BCUT2D eigenvalue weighted by Crippen LogP contribution is -2.45. The molecule has 0 radical (unpaired) electrons. The minimum absolute atomic E-state index is 0.0271. The Morgan fingerprint density at radius 3 is 2.85 bits per heavy atom. The van der Waals surface area contributed by atoms with Crippen LogP contribution in [0, 0.1) is 0 Å². The molecule has 1 fully saturated rings. The van der Waals surface area contributed by atoms with Crippen LogP contribution in [0.15, 0.2) is 29.1 Å². The summed E-state index contributed by atoms with van der Waals surface area (Å²) in [5.41, 5.74) is 6.32. The van der Waals surface area contributed by atoms with Gasteiger partial charge in [-0.1, -0.05) is 0 Å². The maximum atomic E-state index is 12.6. The maximum absolute atomic E-state index is 12.6. The highest BCUT2D eigenvalue weighted by Crippen LogP contribution is 2.25. The lowest BCUT2D eigenvalue weighted by atomic mass is 10.1. The average Bonchev–Trinajstić information content (AvgIpc) is 3.24. The van der Waals surface area contributed by atoms with E-state index in [4.69, 9.17) is 5.73 Å². The van der Waals surface area contributed by atoms with Crippen LogP contribution >= 0.6 is 11.3 Å². The van der Waals surface area contributed by atoms with Gasteiger partial charge in [0, 0.05) is 35.8 Å². The Hall–Kier alpha value is -2.68. The van der Waals surface area contributed by atoms with Crippen molar-refractivity contribution in [2.75, 3.05) is 17.2 Å². The topological polar surface area (TPSA) is 113 Å². The number of aromatic nitrogens is 2. The number of carbonyl (C=O) groups excluding carboxylic acids is 2. The normalized spacial score (nSPS) is 19.6. The number of nitrogens with two attached hydrogens (primary N) is 1. The molecule has 0 saturated carbocycles. The standard InChI is InChI=1S/C17H22N6O2S/c1-10(2)20-16(25)13-7-12(21-15(24)11-4-6-26-9-11)8-23(13)14-3-5-19-17(18)22-14/h3-6,9-10,12-13H,7-8H2,1-2H3,(H,20,25)(H,21,24)(H2,18,19,22)/t12-,13+/m1/s1. The number of carbonyl (C=O) groups is 2. The lowest BCUT2D eigenvalue weighted by molar-refractivity contribution is -0.122. The molecule has 138 valence electrons. The number of thiophene rings is 1. The van der Waals surface area contributed by atoms with Crippen molar-refractivity contribution in [1.29, 1.82) is 0 Å². The van der Waals surface area contributed by atoms with Gasteiger partial charge in [0.1, 0.15) is 11.9 Å². The fourth-order valence-corrected chi connectivity index (χ4v) is 3.65. The average molecular weight is 374 g/mol. The Balaban J connectivity index is 1.78. The van der Waals surface area contributed by atoms with Gasteiger partial charge in [0.05, 0.1) is 0 Å². The fourth-order valence-electron chi connectivity index (χ4n) is 3.01. The Morgan fingerprint density at radius 2 is 2.19 bits per heavy atom. The zero-order chi connectivity index (χ0) is 18.7. The van der Waals surface area contributed by atoms with Crippen LogP contribution in [-0.4, -0.2) is 46.5 Å². The summed E-state index contributed by atoms with van der Waals surface area (Å²) in [6.07, 6.45) is 2.06. The molecule has 2 amide bonds. The molecule has 0 spiro atoms. The van der Waals surface area contributed by atoms with Gasteiger partial charge in [-0.2, -0.15) is 16.3 Å². The van der Waals surface area contributed by atoms with Crippen molar-refractivity contribution < 1.29 is 9.59 Å². The van der Waals surface area contributed by atoms with Gasteiger partial charge in [-0.25, -0.2) is 4.98 Å². The Labute approximate surface area is 155 Å². The smallest absolute Gasteiger partial charge is 0.252 e. The molecular formula is C17H22N6O2S. The van der Waals surface area contributed by atoms with E-state index in [9.17, 15) is 9.59 Å². The summed E-state index contributed by atoms with van der Waals surface area (Å²) in [6.45, 7) is 4.30. The predicted octanol–water partition coefficient (Wildman–Crippen LogP) is 1.02. The van der Waals surface area contributed by atoms with Crippen molar-refractivity contribution in [3.63, 3.8) is 0 Å². The van der Waals surface area contributed by atoms with Crippen molar-refractivity contribution in [2.45, 2.75) is 38.4 Å². The van der Waals surface area contributed by atoms with E-state index in [1.165, 1.54) is 11.3 Å². The molecular weight excluding hydrogens is 352 g/mol. The minimum atomic E-state index is -0.431. The molecule has 3 heterocycles. The molecule has 9 heteroatoms. The van der Waals surface area contributed by atoms with Crippen LogP contribution in [0.25, 0.3) is 0 Å². The van der Waals surface area contributed by atoms with Crippen LogP contribution in [0.4, 0.5) is 11.8 Å². The molecule has 1 saturated heterocycles. The van der Waals surface area contributed by atoms with E-state index in [1.54, 1.807) is 23.7 Å². The second kappa shape index (κ2) is 7.69. The summed E-state index contributed by atoms with van der Waals surface area (Å²) < 4.78 is 0. The van der Waals surface area contributed by atoms with E-state index in [-0.39, 0.29) is 29.8 Å². The summed E-state index contributed by atoms with van der Waals surface area (Å²) in [5.74, 6) is 0.498. The zero-order valence-corrected chi connectivity index (χ0v) is 15.5. The summed E-state index contributed by atoms with van der Waals surface area (Å²) in [6, 6.07) is 2.93. The summed E-state index contributed by atoms with van der Waals surface area (Å²) in [7, 11) is 0. The Bertz CT molecular complexity index is 779. The second-order valence-electron chi connectivity index (χ2n) is 6.52. The van der Waals surface area contributed by atoms with E-state index >= 15 is 0 Å². The molecule has 26 heavy (non-hydrogen) atoms. The van der Waals surface area contributed by atoms with Gasteiger partial charge < -0.3 is 21.3 Å². The van der Waals surface area contributed by atoms with Crippen molar-refractivity contribution in [3.05, 3.63) is 34.7 Å². The number of anilines is 2. The first-order valence-corrected chi connectivity index (χ1v) is 9.37. The van der Waals surface area contributed by atoms with Crippen LogP contribution in [0.5, 0.6) is 0 Å². The van der Waals surface area contributed by atoms with E-state index in [0.29, 0.717) is 24.3 Å². The van der Waals surface area contributed by atoms with Crippen molar-refractivity contribution in [2.24, 2.45) is 0 Å². The third-order valence-electron chi connectivity index (χ3n) is 4.11. The number of hydrogen-bond donors (Lipinski definition) is 3. The quantitative estimate of drug-likeness (QED) is 0.720. The highest BCUT2D eigenvalue weighted by Gasteiger charge is 2.38. The molecule has 3 rings (SSSR count). The molecule has 0 aromatic carbocycles. The molecule has 4 N–H and O–H groups in total. The lowest BCUT2D eigenvalue weighted by Gasteiger charge is -2.25. The van der Waals surface area contributed by atoms with Crippen molar-refractivity contribution >= 4 is 34.9 Å². The van der Waals surface area contributed by atoms with Gasteiger partial charge in [0.2, 0.25) is 11.9 Å². The van der Waals surface area contributed by atoms with Gasteiger partial charge in [0.15, 0.2) is 0 Å². The van der Waals surface area contributed by atoms with Gasteiger partial charge in [-0.05, 0) is 37.8 Å². The number of hydrogen-bond acceptors (Lipinski definition) is 7. The molecule has 0 aliphatic carbocycles. The maximum Gasteiger partial charge on any atom is 0.252 e. The molecule has 8 nitrogen and oxygen atoms in total. The first-order valence-electron chi connectivity index (χ1n) is 8.42. The number of amides is 2. The monoisotopic (exact) mass is 374 g/mol. The van der Waals surface area contributed by atoms with E-state index in [2.05, 4.69) is 20.6 Å². The number of nitrogens with one attached hydrogen (secondary N) is 2. The summed E-state index contributed by atoms with van der Waals surface area (Å²) in [4.78, 5) is 35.0. The largest absolute Gasteiger partial charge is 0.368 e. The number of rotatable bonds is 5. The van der Waals surface area contributed by atoms with Crippen LogP contribution < -0.4 is 21.3 Å². The van der Waals surface area contributed by atoms with Gasteiger partial charge in [-0.15, -0.1) is 0 Å². The van der Waals surface area contributed by atoms with Crippen LogP contribution in [0.3, 0.4) is 0 Å². The van der Waals surface area contributed by atoms with Gasteiger partial charge >= 0.3 is 0 Å². The first kappa shape index (κ1) is 18.1. The zero-order valence-electron chi connectivity index (χ0n) is 14.7. The van der Waals surface area contributed by atoms with E-state index in [0.717, 1.165) is 0 Å². The molecule has 2 aromatic rings. The summed E-state index contributed by atoms with van der Waals surface area (Å²) in [5, 5.41) is 9.60. The van der Waals surface area contributed by atoms with Crippen molar-refractivity contribution in [1.82, 2.24) is 20.6 Å². The van der Waals surface area contributed by atoms with Crippen LogP contribution in [0.2, 0.25) is 0 Å². The fraction of sp³-hybridized carbons (Fsp3) is 0.412. The second-order valence-corrected chi connectivity index (χ2v) is 7.30. The SMILES string of the molecule is CC(C)NC(=O)[C@@H]1C[C@@H](NC(=O)c2ccsc2)CN1c1ccnc(N)n1. The summed E-state index contributed by atoms with van der Waals surface area (Å²) >= 11 is 1.47. The number of nitrogens with zero attached hydrogens (tertiary/aromatic N) is 3. The Morgan fingerprint density at radius 1 is 1.38 bits per heavy atom. The number of nitrogen functional groups attached to an aromatic ring is 1. The van der Waals surface area contributed by atoms with E-state index < -0.39 is 6.04 Å². The molecule has 0 bridgehead atoms. The third kappa shape index (κ3) is 4.10. The molecule has 2 aromatic heterocycles. The van der Waals surface area contributed by atoms with Gasteiger partial charge in [-0.3, -0.25) is 9.59 Å². The van der Waals surface area contributed by atoms with Crippen LogP contribution in [-0.2, 0) is 4.79 Å². The Kier molecular flexibility index (Phi) is 5.36.